The zero-order valence-corrected chi connectivity index (χ0v) is 17.5. The highest BCUT2D eigenvalue weighted by atomic mass is 32.1. The summed E-state index contributed by atoms with van der Waals surface area (Å²) in [6.45, 7) is 0.945. The summed E-state index contributed by atoms with van der Waals surface area (Å²) in [6, 6.07) is 0.844. The van der Waals surface area contributed by atoms with Crippen molar-refractivity contribution in [2.45, 2.75) is 37.3 Å². The van der Waals surface area contributed by atoms with E-state index in [9.17, 15) is 22.8 Å². The van der Waals surface area contributed by atoms with Gasteiger partial charge in [0.25, 0.3) is 5.91 Å². The standard InChI is InChI=1S/C19H20F3N3O5S/c1-23-17(26)12-8-31-16-13(19(20,21)22)5-14(24-15(12)16)29-9-3-10(4-9)30-18(27)25-6-11(7-25)28-2/h5,8-11H,3-4,6-7H2,1-2H3,(H,23,26). The predicted octanol–water partition coefficient (Wildman–Crippen LogP) is 3.05. The van der Waals surface area contributed by atoms with E-state index >= 15 is 0 Å². The maximum absolute atomic E-state index is 13.5. The monoisotopic (exact) mass is 459 g/mol. The van der Waals surface area contributed by atoms with E-state index in [1.165, 1.54) is 17.3 Å². The second kappa shape index (κ2) is 8.15. The van der Waals surface area contributed by atoms with Crippen molar-refractivity contribution in [1.82, 2.24) is 15.2 Å². The van der Waals surface area contributed by atoms with Gasteiger partial charge in [-0.05, 0) is 0 Å². The molecule has 0 aromatic carbocycles. The molecule has 2 aliphatic rings. The van der Waals surface area contributed by atoms with Gasteiger partial charge in [0.2, 0.25) is 5.88 Å². The first-order chi connectivity index (χ1) is 14.7. The smallest absolute Gasteiger partial charge is 0.418 e. The molecule has 12 heteroatoms. The zero-order valence-electron chi connectivity index (χ0n) is 16.7. The lowest BCUT2D eigenvalue weighted by atomic mass is 9.92. The Morgan fingerprint density at radius 1 is 1.23 bits per heavy atom. The van der Waals surface area contributed by atoms with Gasteiger partial charge in [0.1, 0.15) is 12.2 Å². The summed E-state index contributed by atoms with van der Waals surface area (Å²) in [6.07, 6.45) is -5.16. The molecule has 1 saturated heterocycles. The van der Waals surface area contributed by atoms with E-state index < -0.39 is 29.8 Å². The molecule has 0 spiro atoms. The van der Waals surface area contributed by atoms with Crippen LogP contribution in [-0.2, 0) is 15.7 Å². The molecule has 31 heavy (non-hydrogen) atoms. The van der Waals surface area contributed by atoms with Crippen molar-refractivity contribution in [3.05, 3.63) is 22.6 Å². The molecule has 2 amide bonds. The molecule has 2 aromatic rings. The molecule has 0 atom stereocenters. The van der Waals surface area contributed by atoms with Crippen LogP contribution in [-0.4, -0.2) is 67.4 Å². The highest BCUT2D eigenvalue weighted by molar-refractivity contribution is 7.17. The van der Waals surface area contributed by atoms with Crippen LogP contribution in [0.2, 0.25) is 0 Å². The fourth-order valence-electron chi connectivity index (χ4n) is 3.39. The van der Waals surface area contributed by atoms with Gasteiger partial charge >= 0.3 is 12.3 Å². The Labute approximate surface area is 179 Å². The van der Waals surface area contributed by atoms with Crippen molar-refractivity contribution in [3.8, 4) is 5.88 Å². The van der Waals surface area contributed by atoms with E-state index in [0.29, 0.717) is 25.9 Å². The predicted molar refractivity (Wildman–Crippen MR) is 104 cm³/mol. The molecular formula is C19H20F3N3O5S. The molecule has 3 heterocycles. The molecule has 0 radical (unpaired) electrons. The fourth-order valence-corrected chi connectivity index (χ4v) is 4.41. The van der Waals surface area contributed by atoms with E-state index in [2.05, 4.69) is 10.3 Å². The van der Waals surface area contributed by atoms with E-state index in [4.69, 9.17) is 14.2 Å². The highest BCUT2D eigenvalue weighted by Gasteiger charge is 2.39. The summed E-state index contributed by atoms with van der Waals surface area (Å²) in [5, 5.41) is 3.74. The highest BCUT2D eigenvalue weighted by Crippen LogP contribution is 2.41. The van der Waals surface area contributed by atoms with Gasteiger partial charge in [0, 0.05) is 38.4 Å². The lowest BCUT2D eigenvalue weighted by molar-refractivity contribution is -0.136. The van der Waals surface area contributed by atoms with Gasteiger partial charge in [-0.25, -0.2) is 9.78 Å². The van der Waals surface area contributed by atoms with Gasteiger partial charge in [-0.3, -0.25) is 4.79 Å². The third-order valence-corrected chi connectivity index (χ3v) is 6.32. The number of hydrogen-bond acceptors (Lipinski definition) is 7. The van der Waals surface area contributed by atoms with Crippen molar-refractivity contribution in [2.24, 2.45) is 0 Å². The van der Waals surface area contributed by atoms with Gasteiger partial charge in [-0.15, -0.1) is 11.3 Å². The third-order valence-electron chi connectivity index (χ3n) is 5.32. The summed E-state index contributed by atoms with van der Waals surface area (Å²) in [5.41, 5.74) is -0.898. The van der Waals surface area contributed by atoms with Gasteiger partial charge < -0.3 is 24.4 Å². The van der Waals surface area contributed by atoms with E-state index in [-0.39, 0.29) is 33.9 Å². The number of alkyl halides is 3. The number of pyridine rings is 1. The van der Waals surface area contributed by atoms with E-state index in [1.54, 1.807) is 7.11 Å². The minimum Gasteiger partial charge on any atom is -0.474 e. The molecule has 2 fully saturated rings. The van der Waals surface area contributed by atoms with Crippen LogP contribution in [0.4, 0.5) is 18.0 Å². The molecule has 0 unspecified atom stereocenters. The molecule has 2 aromatic heterocycles. The number of thiophene rings is 1. The first-order valence-corrected chi connectivity index (χ1v) is 10.4. The lowest BCUT2D eigenvalue weighted by Gasteiger charge is -2.40. The number of nitrogens with one attached hydrogen (secondary N) is 1. The fraction of sp³-hybridized carbons (Fsp3) is 0.526. The molecule has 1 aliphatic carbocycles. The van der Waals surface area contributed by atoms with Crippen LogP contribution in [0.3, 0.4) is 0 Å². The Hall–Kier alpha value is -2.60. The number of nitrogens with zero attached hydrogens (tertiary/aromatic N) is 2. The van der Waals surface area contributed by atoms with Crippen LogP contribution < -0.4 is 10.1 Å². The Bertz CT molecular complexity index is 1000. The number of ether oxygens (including phenoxy) is 3. The first-order valence-electron chi connectivity index (χ1n) is 9.56. The van der Waals surface area contributed by atoms with E-state index in [1.807, 2.05) is 0 Å². The third kappa shape index (κ3) is 4.26. The molecule has 1 aliphatic heterocycles. The van der Waals surface area contributed by atoms with Gasteiger partial charge in [0.15, 0.2) is 0 Å². The maximum atomic E-state index is 13.5. The molecule has 1 saturated carbocycles. The van der Waals surface area contributed by atoms with Crippen molar-refractivity contribution in [1.29, 1.82) is 0 Å². The first kappa shape index (κ1) is 21.6. The summed E-state index contributed by atoms with van der Waals surface area (Å²) in [7, 11) is 2.97. The van der Waals surface area contributed by atoms with Crippen LogP contribution in [0.15, 0.2) is 11.4 Å². The number of likely N-dealkylation sites (tertiary alicyclic amines) is 1. The Morgan fingerprint density at radius 2 is 1.94 bits per heavy atom. The molecule has 8 nitrogen and oxygen atoms in total. The Balaban J connectivity index is 1.43. The van der Waals surface area contributed by atoms with Crippen molar-refractivity contribution in [3.63, 3.8) is 0 Å². The summed E-state index contributed by atoms with van der Waals surface area (Å²) >= 11 is 0.808. The normalized spacial score (nSPS) is 21.4. The number of rotatable bonds is 5. The van der Waals surface area contributed by atoms with E-state index in [0.717, 1.165) is 17.4 Å². The average molecular weight is 459 g/mol. The average Bonchev–Trinajstić information content (AvgIpc) is 3.07. The number of carbonyl (C=O) groups is 2. The summed E-state index contributed by atoms with van der Waals surface area (Å²) in [4.78, 5) is 29.7. The topological polar surface area (TPSA) is 90.0 Å². The number of aromatic nitrogens is 1. The second-order valence-corrected chi connectivity index (χ2v) is 8.27. The minimum atomic E-state index is -4.63. The quantitative estimate of drug-likeness (QED) is 0.739. The molecule has 0 bridgehead atoms. The number of methoxy groups -OCH3 is 1. The van der Waals surface area contributed by atoms with Gasteiger partial charge in [-0.1, -0.05) is 0 Å². The molecule has 4 rings (SSSR count). The molecular weight excluding hydrogens is 439 g/mol. The molecule has 1 N–H and O–H groups in total. The number of halogens is 3. The minimum absolute atomic E-state index is 0.0191. The summed E-state index contributed by atoms with van der Waals surface area (Å²) < 4.78 is 56.6. The number of hydrogen-bond donors (Lipinski definition) is 1. The van der Waals surface area contributed by atoms with Crippen molar-refractivity contribution < 1.29 is 37.0 Å². The van der Waals surface area contributed by atoms with Crippen LogP contribution in [0, 0.1) is 0 Å². The van der Waals surface area contributed by atoms with Gasteiger partial charge in [-0.2, -0.15) is 13.2 Å². The van der Waals surface area contributed by atoms with Crippen LogP contribution in [0.25, 0.3) is 10.2 Å². The molecule has 168 valence electrons. The number of amides is 2. The maximum Gasteiger partial charge on any atom is 0.418 e. The summed E-state index contributed by atoms with van der Waals surface area (Å²) in [5.74, 6) is -0.745. The van der Waals surface area contributed by atoms with Crippen LogP contribution >= 0.6 is 11.3 Å². The Kier molecular flexibility index (Phi) is 5.69. The zero-order chi connectivity index (χ0) is 22.3. The lowest BCUT2D eigenvalue weighted by Crippen LogP contribution is -2.56. The van der Waals surface area contributed by atoms with Crippen molar-refractivity contribution >= 4 is 33.6 Å². The van der Waals surface area contributed by atoms with Crippen LogP contribution in [0.5, 0.6) is 5.88 Å². The number of carbonyl (C=O) groups excluding carboxylic acids is 2. The SMILES string of the molecule is CNC(=O)c1csc2c(C(F)(F)F)cc(OC3CC(OC(=O)N4CC(OC)C4)C3)nc12. The second-order valence-electron chi connectivity index (χ2n) is 7.39. The Morgan fingerprint density at radius 3 is 2.55 bits per heavy atom. The largest absolute Gasteiger partial charge is 0.474 e. The van der Waals surface area contributed by atoms with Crippen LogP contribution in [0.1, 0.15) is 28.8 Å². The van der Waals surface area contributed by atoms with Crippen molar-refractivity contribution in [2.75, 3.05) is 27.2 Å². The number of fused-ring (bicyclic) bond motifs is 1. The van der Waals surface area contributed by atoms with Gasteiger partial charge in [0.05, 0.1) is 40.5 Å².